The molecular weight excluding hydrogens is 262 g/mol. The van der Waals surface area contributed by atoms with Crippen LogP contribution in [0.3, 0.4) is 0 Å². The first-order valence-electron chi connectivity index (χ1n) is 6.90. The van der Waals surface area contributed by atoms with Crippen molar-refractivity contribution in [3.05, 3.63) is 28.8 Å². The van der Waals surface area contributed by atoms with E-state index in [0.717, 1.165) is 24.1 Å². The van der Waals surface area contributed by atoms with Gasteiger partial charge >= 0.3 is 0 Å². The van der Waals surface area contributed by atoms with E-state index in [4.69, 9.17) is 11.6 Å². The van der Waals surface area contributed by atoms with E-state index in [9.17, 15) is 10.2 Å². The molecule has 1 aromatic rings. The van der Waals surface area contributed by atoms with Gasteiger partial charge in [0, 0.05) is 23.3 Å². The summed E-state index contributed by atoms with van der Waals surface area (Å²) >= 11 is 6.21. The highest BCUT2D eigenvalue weighted by molar-refractivity contribution is 6.31. The third-order valence-electron chi connectivity index (χ3n) is 3.49. The van der Waals surface area contributed by atoms with Gasteiger partial charge in [-0.1, -0.05) is 31.5 Å². The fourth-order valence-corrected chi connectivity index (χ4v) is 2.73. The van der Waals surface area contributed by atoms with Crippen LogP contribution in [0.2, 0.25) is 5.02 Å². The molecule has 19 heavy (non-hydrogen) atoms. The van der Waals surface area contributed by atoms with E-state index < -0.39 is 6.10 Å². The maximum Gasteiger partial charge on any atom is 0.0776 e. The normalized spacial score (nSPS) is 12.8. The van der Waals surface area contributed by atoms with Gasteiger partial charge in [0.1, 0.15) is 0 Å². The van der Waals surface area contributed by atoms with Crippen LogP contribution in [0.5, 0.6) is 0 Å². The Balaban J connectivity index is 3.06. The topological polar surface area (TPSA) is 43.7 Å². The lowest BCUT2D eigenvalue weighted by molar-refractivity contribution is 0.199. The van der Waals surface area contributed by atoms with Gasteiger partial charge in [0.05, 0.1) is 12.7 Å². The fraction of sp³-hybridized carbons (Fsp3) is 0.600. The molecule has 0 fully saturated rings. The molecule has 1 rings (SSSR count). The van der Waals surface area contributed by atoms with Crippen LogP contribution in [-0.4, -0.2) is 29.4 Å². The number of aliphatic hydroxyl groups excluding tert-OH is 2. The molecule has 0 bridgehead atoms. The van der Waals surface area contributed by atoms with Crippen molar-refractivity contribution >= 4 is 17.3 Å². The molecule has 0 amide bonds. The Bertz CT molecular complexity index is 392. The van der Waals surface area contributed by atoms with Gasteiger partial charge in [-0.2, -0.15) is 0 Å². The molecule has 108 valence electrons. The van der Waals surface area contributed by atoms with Gasteiger partial charge in [-0.25, -0.2) is 0 Å². The predicted molar refractivity (Wildman–Crippen MR) is 80.9 cm³/mol. The van der Waals surface area contributed by atoms with Gasteiger partial charge in [0.25, 0.3) is 0 Å². The highest BCUT2D eigenvalue weighted by Gasteiger charge is 2.17. The van der Waals surface area contributed by atoms with Crippen LogP contribution in [0.4, 0.5) is 5.69 Å². The molecule has 0 saturated carbocycles. The van der Waals surface area contributed by atoms with Crippen LogP contribution in [0.1, 0.15) is 45.3 Å². The minimum atomic E-state index is -0.569. The lowest BCUT2D eigenvalue weighted by Crippen LogP contribution is -2.36. The SMILES string of the molecule is CCC(CC)N(CCO)c1ccc(C(C)O)c(Cl)c1. The Labute approximate surface area is 120 Å². The minimum Gasteiger partial charge on any atom is -0.395 e. The molecule has 1 atom stereocenters. The van der Waals surface area contributed by atoms with Crippen LogP contribution < -0.4 is 4.90 Å². The zero-order chi connectivity index (χ0) is 14.4. The monoisotopic (exact) mass is 285 g/mol. The molecule has 0 aliphatic rings. The van der Waals surface area contributed by atoms with Gasteiger partial charge in [-0.15, -0.1) is 0 Å². The lowest BCUT2D eigenvalue weighted by Gasteiger charge is -2.32. The van der Waals surface area contributed by atoms with Crippen LogP contribution in [0.25, 0.3) is 0 Å². The number of aliphatic hydroxyl groups is 2. The smallest absolute Gasteiger partial charge is 0.0776 e. The second-order valence-corrected chi connectivity index (χ2v) is 5.18. The molecular formula is C15H24ClNO2. The standard InChI is InChI=1S/C15H24ClNO2/c1-4-12(5-2)17(8-9-18)13-6-7-14(11(3)19)15(16)10-13/h6-7,10-12,18-19H,4-5,8-9H2,1-3H3. The van der Waals surface area contributed by atoms with Gasteiger partial charge in [0.2, 0.25) is 0 Å². The van der Waals surface area contributed by atoms with E-state index in [0.29, 0.717) is 17.6 Å². The molecule has 0 spiro atoms. The molecule has 4 heteroatoms. The first-order valence-corrected chi connectivity index (χ1v) is 7.27. The summed E-state index contributed by atoms with van der Waals surface area (Å²) in [7, 11) is 0. The van der Waals surface area contributed by atoms with Crippen LogP contribution in [-0.2, 0) is 0 Å². The van der Waals surface area contributed by atoms with Gasteiger partial charge in [-0.05, 0) is 37.5 Å². The zero-order valence-electron chi connectivity index (χ0n) is 11.9. The lowest BCUT2D eigenvalue weighted by atomic mass is 10.1. The Morgan fingerprint density at radius 1 is 1.26 bits per heavy atom. The summed E-state index contributed by atoms with van der Waals surface area (Å²) in [6, 6.07) is 6.08. The van der Waals surface area contributed by atoms with Crippen molar-refractivity contribution in [2.45, 2.75) is 45.8 Å². The van der Waals surface area contributed by atoms with Crippen molar-refractivity contribution in [1.29, 1.82) is 0 Å². The van der Waals surface area contributed by atoms with Crippen LogP contribution >= 0.6 is 11.6 Å². The third-order valence-corrected chi connectivity index (χ3v) is 3.82. The predicted octanol–water partition coefficient (Wildman–Crippen LogP) is 3.38. The quantitative estimate of drug-likeness (QED) is 0.807. The van der Waals surface area contributed by atoms with Gasteiger partial charge in [0.15, 0.2) is 0 Å². The van der Waals surface area contributed by atoms with E-state index in [1.54, 1.807) is 6.92 Å². The molecule has 0 aromatic heterocycles. The van der Waals surface area contributed by atoms with Gasteiger partial charge < -0.3 is 15.1 Å². The summed E-state index contributed by atoms with van der Waals surface area (Å²) in [4.78, 5) is 2.18. The summed E-state index contributed by atoms with van der Waals surface area (Å²) in [5.74, 6) is 0. The summed E-state index contributed by atoms with van der Waals surface area (Å²) in [6.07, 6.45) is 1.47. The zero-order valence-corrected chi connectivity index (χ0v) is 12.7. The molecule has 1 unspecified atom stereocenters. The Kier molecular flexibility index (Phi) is 6.63. The number of hydrogen-bond acceptors (Lipinski definition) is 3. The number of hydrogen-bond donors (Lipinski definition) is 2. The fourth-order valence-electron chi connectivity index (χ4n) is 2.39. The van der Waals surface area contributed by atoms with E-state index >= 15 is 0 Å². The average molecular weight is 286 g/mol. The van der Waals surface area contributed by atoms with Crippen molar-refractivity contribution < 1.29 is 10.2 Å². The second-order valence-electron chi connectivity index (χ2n) is 4.77. The van der Waals surface area contributed by atoms with E-state index in [-0.39, 0.29) is 6.61 Å². The molecule has 0 aliphatic heterocycles. The molecule has 0 saturated heterocycles. The first kappa shape index (κ1) is 16.3. The third kappa shape index (κ3) is 4.10. The minimum absolute atomic E-state index is 0.117. The molecule has 0 aliphatic carbocycles. The van der Waals surface area contributed by atoms with E-state index in [1.807, 2.05) is 18.2 Å². The first-order chi connectivity index (χ1) is 9.04. The molecule has 1 aromatic carbocycles. The number of rotatable bonds is 7. The van der Waals surface area contributed by atoms with Gasteiger partial charge in [-0.3, -0.25) is 0 Å². The number of halogens is 1. The van der Waals surface area contributed by atoms with Crippen molar-refractivity contribution in [1.82, 2.24) is 0 Å². The van der Waals surface area contributed by atoms with Crippen LogP contribution in [0, 0.1) is 0 Å². The molecule has 0 radical (unpaired) electrons. The molecule has 0 heterocycles. The maximum absolute atomic E-state index is 9.60. The Morgan fingerprint density at radius 3 is 2.32 bits per heavy atom. The number of benzene rings is 1. The van der Waals surface area contributed by atoms with Crippen molar-refractivity contribution in [3.8, 4) is 0 Å². The number of anilines is 1. The van der Waals surface area contributed by atoms with E-state index in [2.05, 4.69) is 18.7 Å². The summed E-state index contributed by atoms with van der Waals surface area (Å²) in [5, 5.41) is 19.4. The molecule has 2 N–H and O–H groups in total. The average Bonchev–Trinajstić information content (AvgIpc) is 2.38. The van der Waals surface area contributed by atoms with E-state index in [1.165, 1.54) is 0 Å². The summed E-state index contributed by atoms with van der Waals surface area (Å²) < 4.78 is 0. The molecule has 3 nitrogen and oxygen atoms in total. The van der Waals surface area contributed by atoms with Crippen LogP contribution in [0.15, 0.2) is 18.2 Å². The Morgan fingerprint density at radius 2 is 1.89 bits per heavy atom. The largest absolute Gasteiger partial charge is 0.395 e. The Hall–Kier alpha value is -0.770. The van der Waals surface area contributed by atoms with Crippen molar-refractivity contribution in [3.63, 3.8) is 0 Å². The maximum atomic E-state index is 9.60. The highest BCUT2D eigenvalue weighted by Crippen LogP contribution is 2.29. The van der Waals surface area contributed by atoms with Crippen molar-refractivity contribution in [2.24, 2.45) is 0 Å². The number of nitrogens with zero attached hydrogens (tertiary/aromatic N) is 1. The summed E-state index contributed by atoms with van der Waals surface area (Å²) in [5.41, 5.74) is 1.73. The second kappa shape index (κ2) is 7.73. The summed E-state index contributed by atoms with van der Waals surface area (Å²) in [6.45, 7) is 6.70. The highest BCUT2D eigenvalue weighted by atomic mass is 35.5. The van der Waals surface area contributed by atoms with Crippen molar-refractivity contribution in [2.75, 3.05) is 18.1 Å².